The summed E-state index contributed by atoms with van der Waals surface area (Å²) in [5, 5.41) is 11.3. The molecular formula is C15H21NO4S. The predicted molar refractivity (Wildman–Crippen MR) is 83.9 cm³/mol. The smallest absolute Gasteiger partial charge is 0.325 e. The Morgan fingerprint density at radius 2 is 1.95 bits per heavy atom. The van der Waals surface area contributed by atoms with E-state index in [1.54, 1.807) is 0 Å². The molecule has 0 fully saturated rings. The maximum Gasteiger partial charge on any atom is 0.325 e. The van der Waals surface area contributed by atoms with Crippen molar-refractivity contribution in [3.63, 3.8) is 0 Å². The first-order valence-electron chi connectivity index (χ1n) is 6.83. The highest BCUT2D eigenvalue weighted by Crippen LogP contribution is 2.16. The van der Waals surface area contributed by atoms with Crippen LogP contribution in [0.4, 0.5) is 0 Å². The maximum atomic E-state index is 12.0. The van der Waals surface area contributed by atoms with Crippen molar-refractivity contribution in [1.82, 2.24) is 5.32 Å². The quantitative estimate of drug-likeness (QED) is 0.640. The van der Waals surface area contributed by atoms with Crippen LogP contribution in [0.5, 0.6) is 5.75 Å². The number of carbonyl (C=O) groups is 2. The molecule has 21 heavy (non-hydrogen) atoms. The van der Waals surface area contributed by atoms with E-state index >= 15 is 0 Å². The van der Waals surface area contributed by atoms with Crippen LogP contribution in [0.25, 0.3) is 0 Å². The lowest BCUT2D eigenvalue weighted by molar-refractivity contribution is -0.141. The van der Waals surface area contributed by atoms with Crippen molar-refractivity contribution < 1.29 is 19.4 Å². The molecule has 1 amide bonds. The zero-order valence-electron chi connectivity index (χ0n) is 12.2. The third-order valence-corrected chi connectivity index (χ3v) is 3.48. The monoisotopic (exact) mass is 311 g/mol. The molecule has 1 aromatic rings. The number of ether oxygens (including phenoxy) is 1. The molecule has 2 N–H and O–H groups in total. The fourth-order valence-electron chi connectivity index (χ4n) is 1.81. The number of rotatable bonds is 8. The number of carbonyl (C=O) groups excluding carboxylic acids is 1. The Morgan fingerprint density at radius 1 is 1.33 bits per heavy atom. The van der Waals surface area contributed by atoms with Gasteiger partial charge in [0.1, 0.15) is 11.8 Å². The second-order valence-corrected chi connectivity index (χ2v) is 5.09. The van der Waals surface area contributed by atoms with Crippen molar-refractivity contribution in [2.45, 2.75) is 26.3 Å². The lowest BCUT2D eigenvalue weighted by atomic mass is 9.99. The summed E-state index contributed by atoms with van der Waals surface area (Å²) in [6, 6.07) is 6.60. The molecule has 2 atom stereocenters. The van der Waals surface area contributed by atoms with Gasteiger partial charge in [-0.25, -0.2) is 0 Å². The van der Waals surface area contributed by atoms with E-state index in [4.69, 9.17) is 9.84 Å². The van der Waals surface area contributed by atoms with E-state index in [2.05, 4.69) is 17.9 Å². The summed E-state index contributed by atoms with van der Waals surface area (Å²) in [7, 11) is 0. The Balaban J connectivity index is 2.64. The summed E-state index contributed by atoms with van der Waals surface area (Å²) in [5.74, 6) is -0.581. The lowest BCUT2D eigenvalue weighted by Crippen LogP contribution is -2.42. The van der Waals surface area contributed by atoms with Crippen LogP contribution in [0.3, 0.4) is 0 Å². The van der Waals surface area contributed by atoms with Gasteiger partial charge in [0, 0.05) is 5.75 Å². The molecular weight excluding hydrogens is 290 g/mol. The second-order valence-electron chi connectivity index (χ2n) is 4.73. The van der Waals surface area contributed by atoms with E-state index < -0.39 is 12.0 Å². The van der Waals surface area contributed by atoms with E-state index in [0.717, 1.165) is 11.3 Å². The van der Waals surface area contributed by atoms with Crippen LogP contribution in [-0.2, 0) is 16.0 Å². The molecule has 0 aliphatic rings. The molecule has 0 heterocycles. The van der Waals surface area contributed by atoms with Crippen molar-refractivity contribution in [1.29, 1.82) is 0 Å². The average molecular weight is 311 g/mol. The van der Waals surface area contributed by atoms with Crippen molar-refractivity contribution in [2.75, 3.05) is 12.4 Å². The van der Waals surface area contributed by atoms with Gasteiger partial charge in [-0.15, -0.1) is 0 Å². The standard InChI is InChI=1S/C15H21NO4S/c1-3-20-13-6-4-11(5-7-13)8-12(9-21)14(17)16-10(2)15(18)19/h4-7,10,12,21H,3,8-9H2,1-2H3,(H,16,17)(H,18,19)/t10-,12?/m0/s1. The largest absolute Gasteiger partial charge is 0.494 e. The Morgan fingerprint density at radius 3 is 2.43 bits per heavy atom. The van der Waals surface area contributed by atoms with E-state index in [-0.39, 0.29) is 11.8 Å². The third kappa shape index (κ3) is 5.67. The van der Waals surface area contributed by atoms with E-state index in [0.29, 0.717) is 18.8 Å². The minimum atomic E-state index is -1.05. The molecule has 1 unspecified atom stereocenters. The topological polar surface area (TPSA) is 75.6 Å². The summed E-state index contributed by atoms with van der Waals surface area (Å²) in [6.07, 6.45) is 0.508. The number of thiol groups is 1. The number of carboxylic acids is 1. The SMILES string of the molecule is CCOc1ccc(CC(CS)C(=O)N[C@@H](C)C(=O)O)cc1. The van der Waals surface area contributed by atoms with E-state index in [1.807, 2.05) is 31.2 Å². The van der Waals surface area contributed by atoms with Gasteiger partial charge in [0.25, 0.3) is 0 Å². The number of hydrogen-bond donors (Lipinski definition) is 3. The van der Waals surface area contributed by atoms with Crippen LogP contribution >= 0.6 is 12.6 Å². The van der Waals surface area contributed by atoms with Crippen LogP contribution in [0.2, 0.25) is 0 Å². The zero-order valence-corrected chi connectivity index (χ0v) is 13.1. The van der Waals surface area contributed by atoms with Gasteiger partial charge >= 0.3 is 5.97 Å². The van der Waals surface area contributed by atoms with Gasteiger partial charge in [0.15, 0.2) is 0 Å². The first-order valence-corrected chi connectivity index (χ1v) is 7.47. The minimum Gasteiger partial charge on any atom is -0.494 e. The van der Waals surface area contributed by atoms with Gasteiger partial charge < -0.3 is 15.2 Å². The van der Waals surface area contributed by atoms with Gasteiger partial charge in [0.05, 0.1) is 12.5 Å². The maximum absolute atomic E-state index is 12.0. The Hall–Kier alpha value is -1.69. The Kier molecular flexibility index (Phi) is 7.08. The number of aliphatic carboxylic acids is 1. The Bertz CT molecular complexity index is 475. The molecule has 0 bridgehead atoms. The van der Waals surface area contributed by atoms with Gasteiger partial charge in [-0.1, -0.05) is 12.1 Å². The fraction of sp³-hybridized carbons (Fsp3) is 0.467. The molecule has 0 radical (unpaired) electrons. The van der Waals surface area contributed by atoms with E-state index in [9.17, 15) is 9.59 Å². The van der Waals surface area contributed by atoms with Crippen LogP contribution < -0.4 is 10.1 Å². The number of carboxylic acid groups (broad SMARTS) is 1. The van der Waals surface area contributed by atoms with Crippen LogP contribution in [0.15, 0.2) is 24.3 Å². The van der Waals surface area contributed by atoms with Crippen LogP contribution in [0, 0.1) is 5.92 Å². The summed E-state index contributed by atoms with van der Waals surface area (Å²) in [5.41, 5.74) is 0.982. The lowest BCUT2D eigenvalue weighted by Gasteiger charge is -2.17. The minimum absolute atomic E-state index is 0.297. The average Bonchev–Trinajstić information content (AvgIpc) is 2.46. The summed E-state index contributed by atoms with van der Waals surface area (Å²) < 4.78 is 5.36. The summed E-state index contributed by atoms with van der Waals surface area (Å²) in [6.45, 7) is 3.96. The first kappa shape index (κ1) is 17.4. The highest BCUT2D eigenvalue weighted by atomic mass is 32.1. The number of nitrogens with one attached hydrogen (secondary N) is 1. The van der Waals surface area contributed by atoms with Crippen molar-refractivity contribution >= 4 is 24.5 Å². The number of amides is 1. The van der Waals surface area contributed by atoms with Gasteiger partial charge in [-0.2, -0.15) is 12.6 Å². The van der Waals surface area contributed by atoms with Gasteiger partial charge in [-0.3, -0.25) is 9.59 Å². The fourth-order valence-corrected chi connectivity index (χ4v) is 2.10. The molecule has 0 spiro atoms. The van der Waals surface area contributed by atoms with Crippen molar-refractivity contribution in [3.8, 4) is 5.75 Å². The second kappa shape index (κ2) is 8.56. The van der Waals surface area contributed by atoms with Gasteiger partial charge in [-0.05, 0) is 38.0 Å². The molecule has 0 saturated heterocycles. The molecule has 1 aromatic carbocycles. The molecule has 5 nitrogen and oxygen atoms in total. The summed E-state index contributed by atoms with van der Waals surface area (Å²) >= 11 is 4.18. The molecule has 6 heteroatoms. The van der Waals surface area contributed by atoms with Crippen molar-refractivity contribution in [2.24, 2.45) is 5.92 Å². The zero-order chi connectivity index (χ0) is 15.8. The number of benzene rings is 1. The highest BCUT2D eigenvalue weighted by Gasteiger charge is 2.21. The highest BCUT2D eigenvalue weighted by molar-refractivity contribution is 7.80. The molecule has 0 aromatic heterocycles. The van der Waals surface area contributed by atoms with Crippen molar-refractivity contribution in [3.05, 3.63) is 29.8 Å². The Labute approximate surface area is 130 Å². The molecule has 1 rings (SSSR count). The number of hydrogen-bond acceptors (Lipinski definition) is 4. The molecule has 0 saturated carbocycles. The third-order valence-electron chi connectivity index (χ3n) is 3.04. The predicted octanol–water partition coefficient (Wildman–Crippen LogP) is 1.76. The van der Waals surface area contributed by atoms with Gasteiger partial charge in [0.2, 0.25) is 5.91 Å². The molecule has 0 aliphatic heterocycles. The molecule has 0 aliphatic carbocycles. The first-order chi connectivity index (χ1) is 9.97. The molecule has 116 valence electrons. The summed E-state index contributed by atoms with van der Waals surface area (Å²) in [4.78, 5) is 22.8. The normalized spacial score (nSPS) is 13.3. The van der Waals surface area contributed by atoms with Crippen LogP contribution in [0.1, 0.15) is 19.4 Å². The van der Waals surface area contributed by atoms with E-state index in [1.165, 1.54) is 6.92 Å². The van der Waals surface area contributed by atoms with Crippen LogP contribution in [-0.4, -0.2) is 35.4 Å².